The average Bonchev–Trinajstić information content (AvgIpc) is 2.72. The van der Waals surface area contributed by atoms with Crippen LogP contribution < -0.4 is 5.32 Å². The maximum absolute atomic E-state index is 12.5. The van der Waals surface area contributed by atoms with Crippen LogP contribution in [0.4, 0.5) is 0 Å². The first-order chi connectivity index (χ1) is 13.0. The Balaban J connectivity index is 1.46. The second kappa shape index (κ2) is 9.51. The molecule has 0 unspecified atom stereocenters. The van der Waals surface area contributed by atoms with E-state index in [1.54, 1.807) is 6.08 Å². The van der Waals surface area contributed by atoms with Crippen LogP contribution in [0, 0.1) is 11.8 Å². The van der Waals surface area contributed by atoms with E-state index in [-0.39, 0.29) is 11.8 Å². The molecule has 3 rings (SSSR count). The predicted octanol–water partition coefficient (Wildman–Crippen LogP) is 3.40. The molecule has 1 aliphatic carbocycles. The Morgan fingerprint density at radius 2 is 1.70 bits per heavy atom. The smallest absolute Gasteiger partial charge is 0.236 e. The van der Waals surface area contributed by atoms with Crippen molar-refractivity contribution in [2.75, 3.05) is 19.6 Å². The van der Waals surface area contributed by atoms with Gasteiger partial charge in [0.15, 0.2) is 0 Å². The molecule has 1 aromatic rings. The third-order valence-electron chi connectivity index (χ3n) is 5.71. The monoisotopic (exact) mass is 390 g/mol. The largest absolute Gasteiger partial charge is 0.356 e. The summed E-state index contributed by atoms with van der Waals surface area (Å²) < 4.78 is 26.5. The molecule has 2 fully saturated rings. The van der Waals surface area contributed by atoms with Crippen molar-refractivity contribution in [1.82, 2.24) is 9.62 Å². The SMILES string of the molecule is O=C(NCC1CCCCC1)C1CCN(S(=O)(=O)/C=C/c2ccccc2)CC1. The zero-order valence-corrected chi connectivity index (χ0v) is 16.7. The molecule has 0 radical (unpaired) electrons. The zero-order valence-electron chi connectivity index (χ0n) is 15.8. The number of hydrogen-bond acceptors (Lipinski definition) is 3. The Morgan fingerprint density at radius 3 is 2.37 bits per heavy atom. The fraction of sp³-hybridized carbons (Fsp3) is 0.571. The van der Waals surface area contributed by atoms with E-state index in [4.69, 9.17) is 0 Å². The molecule has 1 amide bonds. The number of piperidine rings is 1. The van der Waals surface area contributed by atoms with Gasteiger partial charge in [-0.05, 0) is 43.2 Å². The molecule has 2 aliphatic rings. The fourth-order valence-corrected chi connectivity index (χ4v) is 5.19. The maximum atomic E-state index is 12.5. The van der Waals surface area contributed by atoms with Crippen molar-refractivity contribution in [3.8, 4) is 0 Å². The third-order valence-corrected chi connectivity index (χ3v) is 7.27. The molecule has 1 N–H and O–H groups in total. The van der Waals surface area contributed by atoms with Gasteiger partial charge in [0.25, 0.3) is 0 Å². The van der Waals surface area contributed by atoms with Crippen molar-refractivity contribution < 1.29 is 13.2 Å². The van der Waals surface area contributed by atoms with Gasteiger partial charge in [-0.3, -0.25) is 4.79 Å². The topological polar surface area (TPSA) is 66.5 Å². The molecular formula is C21H30N2O3S. The first-order valence-electron chi connectivity index (χ1n) is 10.1. The molecule has 1 aromatic carbocycles. The van der Waals surface area contributed by atoms with Crippen LogP contribution >= 0.6 is 0 Å². The predicted molar refractivity (Wildman–Crippen MR) is 108 cm³/mol. The van der Waals surface area contributed by atoms with Gasteiger partial charge in [-0.1, -0.05) is 49.6 Å². The van der Waals surface area contributed by atoms with Crippen LogP contribution in [0.25, 0.3) is 6.08 Å². The van der Waals surface area contributed by atoms with Crippen molar-refractivity contribution in [3.63, 3.8) is 0 Å². The van der Waals surface area contributed by atoms with E-state index in [1.807, 2.05) is 30.3 Å². The molecule has 0 atom stereocenters. The quantitative estimate of drug-likeness (QED) is 0.810. The summed E-state index contributed by atoms with van der Waals surface area (Å²) in [6.45, 7) is 1.59. The molecule has 148 valence electrons. The highest BCUT2D eigenvalue weighted by molar-refractivity contribution is 7.92. The van der Waals surface area contributed by atoms with Crippen molar-refractivity contribution in [2.45, 2.75) is 44.9 Å². The molecule has 0 spiro atoms. The molecule has 1 heterocycles. The van der Waals surface area contributed by atoms with Gasteiger partial charge in [-0.15, -0.1) is 0 Å². The van der Waals surface area contributed by atoms with Crippen molar-refractivity contribution in [3.05, 3.63) is 41.3 Å². The lowest BCUT2D eigenvalue weighted by molar-refractivity contribution is -0.126. The maximum Gasteiger partial charge on any atom is 0.236 e. The summed E-state index contributed by atoms with van der Waals surface area (Å²) in [6, 6.07) is 9.40. The first-order valence-corrected chi connectivity index (χ1v) is 11.6. The number of nitrogens with zero attached hydrogens (tertiary/aromatic N) is 1. The number of carbonyl (C=O) groups is 1. The van der Waals surface area contributed by atoms with E-state index < -0.39 is 10.0 Å². The normalized spacial score (nSPS) is 20.7. The molecule has 6 heteroatoms. The Bertz CT molecular complexity index is 732. The molecule has 1 aliphatic heterocycles. The summed E-state index contributed by atoms with van der Waals surface area (Å²) >= 11 is 0. The first kappa shape index (κ1) is 20.1. The van der Waals surface area contributed by atoms with Crippen LogP contribution in [0.5, 0.6) is 0 Å². The molecule has 1 saturated carbocycles. The number of nitrogens with one attached hydrogen (secondary N) is 1. The Kier molecular flexibility index (Phi) is 7.07. The Labute approximate surface area is 162 Å². The highest BCUT2D eigenvalue weighted by Gasteiger charge is 2.30. The van der Waals surface area contributed by atoms with Crippen LogP contribution in [0.2, 0.25) is 0 Å². The summed E-state index contributed by atoms with van der Waals surface area (Å²) in [4.78, 5) is 12.4. The van der Waals surface area contributed by atoms with Gasteiger partial charge in [-0.25, -0.2) is 8.42 Å². The van der Waals surface area contributed by atoms with Gasteiger partial charge in [0.1, 0.15) is 0 Å². The fourth-order valence-electron chi connectivity index (χ4n) is 3.97. The standard InChI is InChI=1S/C21H30N2O3S/c24-21(22-17-19-9-5-2-6-10-19)20-11-14-23(15-12-20)27(25,26)16-13-18-7-3-1-4-8-18/h1,3-4,7-8,13,16,19-20H,2,5-6,9-12,14-15,17H2,(H,22,24)/b16-13+. The number of amides is 1. The zero-order chi connectivity index (χ0) is 19.1. The third kappa shape index (κ3) is 5.91. The molecule has 0 aromatic heterocycles. The highest BCUT2D eigenvalue weighted by Crippen LogP contribution is 2.24. The van der Waals surface area contributed by atoms with Crippen LogP contribution in [0.1, 0.15) is 50.5 Å². The minimum atomic E-state index is -3.44. The van der Waals surface area contributed by atoms with Crippen LogP contribution in [0.3, 0.4) is 0 Å². The van der Waals surface area contributed by atoms with Crippen LogP contribution in [-0.2, 0) is 14.8 Å². The van der Waals surface area contributed by atoms with Crippen molar-refractivity contribution >= 4 is 22.0 Å². The molecule has 0 bridgehead atoms. The minimum absolute atomic E-state index is 0.0712. The summed E-state index contributed by atoms with van der Waals surface area (Å²) in [5, 5.41) is 4.37. The van der Waals surface area contributed by atoms with E-state index in [0.29, 0.717) is 31.8 Å². The van der Waals surface area contributed by atoms with Crippen molar-refractivity contribution in [1.29, 1.82) is 0 Å². The van der Waals surface area contributed by atoms with Gasteiger partial charge in [-0.2, -0.15) is 4.31 Å². The molecular weight excluding hydrogens is 360 g/mol. The second-order valence-corrected chi connectivity index (χ2v) is 9.50. The summed E-state index contributed by atoms with van der Waals surface area (Å²) in [6.07, 6.45) is 9.09. The Morgan fingerprint density at radius 1 is 1.04 bits per heavy atom. The number of carbonyl (C=O) groups excluding carboxylic acids is 1. The number of benzene rings is 1. The molecule has 1 saturated heterocycles. The van der Waals surface area contributed by atoms with E-state index >= 15 is 0 Å². The van der Waals surface area contributed by atoms with Gasteiger partial charge in [0.05, 0.1) is 0 Å². The average molecular weight is 391 g/mol. The minimum Gasteiger partial charge on any atom is -0.356 e. The number of hydrogen-bond donors (Lipinski definition) is 1. The van der Waals surface area contributed by atoms with E-state index in [9.17, 15) is 13.2 Å². The lowest BCUT2D eigenvalue weighted by atomic mass is 9.89. The lowest BCUT2D eigenvalue weighted by Gasteiger charge is -2.30. The van der Waals surface area contributed by atoms with Gasteiger partial charge >= 0.3 is 0 Å². The van der Waals surface area contributed by atoms with Crippen LogP contribution in [-0.4, -0.2) is 38.3 Å². The highest BCUT2D eigenvalue weighted by atomic mass is 32.2. The van der Waals surface area contributed by atoms with E-state index in [2.05, 4.69) is 5.32 Å². The molecule has 27 heavy (non-hydrogen) atoms. The van der Waals surface area contributed by atoms with Crippen molar-refractivity contribution in [2.24, 2.45) is 11.8 Å². The van der Waals surface area contributed by atoms with Gasteiger partial charge in [0, 0.05) is 31.0 Å². The summed E-state index contributed by atoms with van der Waals surface area (Å²) in [5.41, 5.74) is 0.859. The van der Waals surface area contributed by atoms with E-state index in [1.165, 1.54) is 41.8 Å². The summed E-state index contributed by atoms with van der Waals surface area (Å²) in [7, 11) is -3.44. The van der Waals surface area contributed by atoms with E-state index in [0.717, 1.165) is 12.1 Å². The van der Waals surface area contributed by atoms with Gasteiger partial charge in [0.2, 0.25) is 15.9 Å². The van der Waals surface area contributed by atoms with Gasteiger partial charge < -0.3 is 5.32 Å². The lowest BCUT2D eigenvalue weighted by Crippen LogP contribution is -2.43. The van der Waals surface area contributed by atoms with Crippen LogP contribution in [0.15, 0.2) is 35.7 Å². The summed E-state index contributed by atoms with van der Waals surface area (Å²) in [5.74, 6) is 0.641. The number of sulfonamides is 1. The number of rotatable bonds is 6. The Hall–Kier alpha value is -1.66. The molecule has 5 nitrogen and oxygen atoms in total. The second-order valence-electron chi connectivity index (χ2n) is 7.68.